The smallest absolute Gasteiger partial charge is 0.414 e. The molecule has 2 amide bonds. The summed E-state index contributed by atoms with van der Waals surface area (Å²) in [5.74, 6) is -1.23. The first-order chi connectivity index (χ1) is 17.5. The second kappa shape index (κ2) is 12.7. The van der Waals surface area contributed by atoms with Gasteiger partial charge < -0.3 is 19.3 Å². The van der Waals surface area contributed by atoms with Gasteiger partial charge in [-0.1, -0.05) is 35.9 Å². The highest BCUT2D eigenvalue weighted by Gasteiger charge is 2.68. The number of allylic oxidation sites excluding steroid dienone is 1. The first-order valence-corrected chi connectivity index (χ1v) is 14.0. The van der Waals surface area contributed by atoms with Gasteiger partial charge in [0.25, 0.3) is 0 Å². The van der Waals surface area contributed by atoms with Crippen molar-refractivity contribution in [1.82, 2.24) is 5.32 Å². The first kappa shape index (κ1) is 30.3. The number of rotatable bonds is 10. The number of ether oxygens (including phenoxy) is 3. The standard InChI is InChI=1S/C27H37Cl2NO6S/c1-16(2)9-10-20-26(3,36-20)24-23(34-4)19(35-25(32)30-22(31)15-29)11-12-27(24,33)21(37)13-17-7-5-6-8-18(17)14-28/h5-9,19-21,23-24,33,37H,10-15H2,1-4H3,(H,30,31,32). The van der Waals surface area contributed by atoms with Gasteiger partial charge in [-0.05, 0) is 57.6 Å². The van der Waals surface area contributed by atoms with Crippen LogP contribution < -0.4 is 5.32 Å². The number of carbonyl (C=O) groups excluding carboxylic acids is 2. The van der Waals surface area contributed by atoms with Crippen LogP contribution in [0.1, 0.15) is 51.2 Å². The van der Waals surface area contributed by atoms with Gasteiger partial charge in [-0.3, -0.25) is 10.1 Å². The Balaban J connectivity index is 1.93. The number of nitrogens with one attached hydrogen (secondary N) is 1. The molecule has 0 radical (unpaired) electrons. The Morgan fingerprint density at radius 1 is 1.30 bits per heavy atom. The van der Waals surface area contributed by atoms with E-state index in [1.54, 1.807) is 0 Å². The van der Waals surface area contributed by atoms with Crippen molar-refractivity contribution < 1.29 is 28.9 Å². The largest absolute Gasteiger partial charge is 0.443 e. The van der Waals surface area contributed by atoms with Crippen molar-refractivity contribution in [2.75, 3.05) is 13.0 Å². The van der Waals surface area contributed by atoms with E-state index in [0.29, 0.717) is 31.6 Å². The second-order valence-corrected chi connectivity index (χ2v) is 11.4. The highest BCUT2D eigenvalue weighted by molar-refractivity contribution is 7.81. The highest BCUT2D eigenvalue weighted by Crippen LogP contribution is 2.56. The number of hydrogen-bond donors (Lipinski definition) is 3. The molecule has 0 spiro atoms. The normalized spacial score (nSPS) is 31.8. The average Bonchev–Trinajstić information content (AvgIpc) is 3.53. The zero-order chi connectivity index (χ0) is 27.4. The maximum Gasteiger partial charge on any atom is 0.414 e. The molecule has 1 aliphatic heterocycles. The van der Waals surface area contributed by atoms with Gasteiger partial charge in [-0.2, -0.15) is 12.6 Å². The lowest BCUT2D eigenvalue weighted by Crippen LogP contribution is -2.64. The number of thiol groups is 1. The summed E-state index contributed by atoms with van der Waals surface area (Å²) in [5.41, 5.74) is 1.13. The highest BCUT2D eigenvalue weighted by atomic mass is 35.5. The Morgan fingerprint density at radius 2 is 1.97 bits per heavy atom. The lowest BCUT2D eigenvalue weighted by atomic mass is 9.63. The number of amides is 2. The molecule has 0 aromatic heterocycles. The molecule has 206 valence electrons. The molecule has 7 nitrogen and oxygen atoms in total. The summed E-state index contributed by atoms with van der Waals surface area (Å²) >= 11 is 16.6. The Labute approximate surface area is 234 Å². The Bertz CT molecular complexity index is 1000. The van der Waals surface area contributed by atoms with Crippen molar-refractivity contribution in [2.45, 2.75) is 87.1 Å². The molecule has 0 bridgehead atoms. The summed E-state index contributed by atoms with van der Waals surface area (Å²) in [7, 11) is 1.52. The molecule has 3 rings (SSSR count). The summed E-state index contributed by atoms with van der Waals surface area (Å²) in [6.45, 7) is 6.01. The number of aliphatic hydroxyl groups is 1. The van der Waals surface area contributed by atoms with Gasteiger partial charge in [-0.15, -0.1) is 23.2 Å². The van der Waals surface area contributed by atoms with Gasteiger partial charge in [0.15, 0.2) is 0 Å². The zero-order valence-corrected chi connectivity index (χ0v) is 24.1. The number of benzene rings is 1. The number of methoxy groups -OCH3 is 1. The number of hydrogen-bond acceptors (Lipinski definition) is 7. The van der Waals surface area contributed by atoms with Gasteiger partial charge in [0.1, 0.15) is 23.7 Å². The maximum absolute atomic E-state index is 12.4. The first-order valence-electron chi connectivity index (χ1n) is 12.4. The number of carbonyl (C=O) groups is 2. The van der Waals surface area contributed by atoms with E-state index in [-0.39, 0.29) is 12.0 Å². The topological polar surface area (TPSA) is 97.4 Å². The molecule has 2 fully saturated rings. The predicted octanol–water partition coefficient (Wildman–Crippen LogP) is 4.80. The van der Waals surface area contributed by atoms with Crippen LogP contribution in [0.3, 0.4) is 0 Å². The average molecular weight is 575 g/mol. The van der Waals surface area contributed by atoms with E-state index in [0.717, 1.165) is 11.1 Å². The minimum absolute atomic E-state index is 0.141. The third kappa shape index (κ3) is 6.84. The Kier molecular flexibility index (Phi) is 10.4. The second-order valence-electron chi connectivity index (χ2n) is 10.3. The SMILES string of the molecule is COC1C(OC(=O)NC(=O)CCl)CCC(O)(C(S)Cc2ccccc2CCl)C1C1(C)OC1CC=C(C)C. The quantitative estimate of drug-likeness (QED) is 0.161. The molecule has 2 aliphatic rings. The van der Waals surface area contributed by atoms with Crippen LogP contribution in [0.25, 0.3) is 0 Å². The summed E-state index contributed by atoms with van der Waals surface area (Å²) in [4.78, 5) is 23.9. The van der Waals surface area contributed by atoms with Crippen LogP contribution in [0, 0.1) is 5.92 Å². The summed E-state index contributed by atoms with van der Waals surface area (Å²) in [6, 6.07) is 7.84. The number of imide groups is 1. The van der Waals surface area contributed by atoms with Gasteiger partial charge in [-0.25, -0.2) is 4.79 Å². The van der Waals surface area contributed by atoms with E-state index < -0.39 is 46.6 Å². The van der Waals surface area contributed by atoms with Gasteiger partial charge in [0, 0.05) is 18.2 Å². The van der Waals surface area contributed by atoms with E-state index in [1.807, 2.05) is 45.0 Å². The molecule has 1 saturated carbocycles. The number of alkyl carbamates (subject to hydrolysis) is 1. The minimum atomic E-state index is -1.31. The Morgan fingerprint density at radius 3 is 2.57 bits per heavy atom. The van der Waals surface area contributed by atoms with Crippen molar-refractivity contribution >= 4 is 47.8 Å². The molecule has 10 heteroatoms. The van der Waals surface area contributed by atoms with Gasteiger partial charge in [0.2, 0.25) is 5.91 Å². The minimum Gasteiger partial charge on any atom is -0.443 e. The zero-order valence-electron chi connectivity index (χ0n) is 21.7. The van der Waals surface area contributed by atoms with Crippen molar-refractivity contribution in [1.29, 1.82) is 0 Å². The monoisotopic (exact) mass is 573 g/mol. The number of halogens is 2. The Hall–Kier alpha value is -1.29. The van der Waals surface area contributed by atoms with Crippen LogP contribution in [-0.4, -0.2) is 64.9 Å². The molecule has 2 N–H and O–H groups in total. The third-order valence-electron chi connectivity index (χ3n) is 7.54. The fraction of sp³-hybridized carbons (Fsp3) is 0.630. The molecule has 1 heterocycles. The van der Waals surface area contributed by atoms with Crippen LogP contribution in [0.5, 0.6) is 0 Å². The van der Waals surface area contributed by atoms with E-state index in [9.17, 15) is 14.7 Å². The predicted molar refractivity (Wildman–Crippen MR) is 147 cm³/mol. The maximum atomic E-state index is 12.4. The molecular formula is C27H37Cl2NO6S. The number of epoxide rings is 1. The van der Waals surface area contributed by atoms with Crippen molar-refractivity contribution in [3.05, 3.63) is 47.0 Å². The molecule has 7 unspecified atom stereocenters. The fourth-order valence-corrected chi connectivity index (χ4v) is 6.37. The lowest BCUT2D eigenvalue weighted by molar-refractivity contribution is -0.179. The summed E-state index contributed by atoms with van der Waals surface area (Å²) < 4.78 is 17.7. The van der Waals surface area contributed by atoms with Gasteiger partial charge in [0.05, 0.1) is 17.6 Å². The molecule has 37 heavy (non-hydrogen) atoms. The third-order valence-corrected chi connectivity index (χ3v) is 8.71. The van der Waals surface area contributed by atoms with E-state index >= 15 is 0 Å². The van der Waals surface area contributed by atoms with Crippen LogP contribution in [-0.2, 0) is 31.3 Å². The van der Waals surface area contributed by atoms with Crippen molar-refractivity contribution in [2.24, 2.45) is 5.92 Å². The molecule has 1 saturated heterocycles. The molecule has 7 atom stereocenters. The van der Waals surface area contributed by atoms with Crippen LogP contribution in [0.4, 0.5) is 4.79 Å². The van der Waals surface area contributed by atoms with Crippen LogP contribution in [0.2, 0.25) is 0 Å². The van der Waals surface area contributed by atoms with Crippen LogP contribution in [0.15, 0.2) is 35.9 Å². The molecule has 1 aliphatic carbocycles. The fourth-order valence-electron chi connectivity index (χ4n) is 5.56. The number of alkyl halides is 2. The molecule has 1 aromatic rings. The summed E-state index contributed by atoms with van der Waals surface area (Å²) in [6.07, 6.45) is 1.44. The van der Waals surface area contributed by atoms with Crippen molar-refractivity contribution in [3.8, 4) is 0 Å². The molecule has 1 aromatic carbocycles. The summed E-state index contributed by atoms with van der Waals surface area (Å²) in [5, 5.41) is 13.9. The van der Waals surface area contributed by atoms with E-state index in [4.69, 9.17) is 50.0 Å². The van der Waals surface area contributed by atoms with Crippen molar-refractivity contribution in [3.63, 3.8) is 0 Å². The van der Waals surface area contributed by atoms with Crippen LogP contribution >= 0.6 is 35.8 Å². The van der Waals surface area contributed by atoms with E-state index in [1.165, 1.54) is 12.7 Å². The lowest BCUT2D eigenvalue weighted by Gasteiger charge is -2.51. The molecular weight excluding hydrogens is 537 g/mol. The van der Waals surface area contributed by atoms with Gasteiger partial charge >= 0.3 is 6.09 Å². The van der Waals surface area contributed by atoms with E-state index in [2.05, 4.69) is 11.4 Å².